The van der Waals surface area contributed by atoms with E-state index in [2.05, 4.69) is 10.3 Å². The van der Waals surface area contributed by atoms with Crippen LogP contribution in [0.1, 0.15) is 11.1 Å². The number of hydrogen-bond acceptors (Lipinski definition) is 4. The van der Waals surface area contributed by atoms with Crippen LogP contribution in [0.3, 0.4) is 0 Å². The van der Waals surface area contributed by atoms with Crippen molar-refractivity contribution < 1.29 is 27.5 Å². The smallest absolute Gasteiger partial charge is 0.360 e. The molecule has 5 rings (SSSR count). The van der Waals surface area contributed by atoms with Crippen molar-refractivity contribution in [2.24, 2.45) is 11.8 Å². The van der Waals surface area contributed by atoms with Crippen molar-refractivity contribution in [2.75, 3.05) is 11.4 Å². The van der Waals surface area contributed by atoms with Crippen LogP contribution in [0.15, 0.2) is 60.9 Å². The Morgan fingerprint density at radius 2 is 2.03 bits per heavy atom. The number of nitrogens with one attached hydrogen (secondary N) is 1. The minimum Gasteiger partial charge on any atom is -0.360 e. The highest BCUT2D eigenvalue weighted by Crippen LogP contribution is 2.52. The summed E-state index contributed by atoms with van der Waals surface area (Å²) in [7, 11) is 0. The fraction of sp³-hybridized carbons (Fsp3) is 0.318. The molecule has 6 nitrogen and oxygen atoms in total. The molecule has 31 heavy (non-hydrogen) atoms. The molecule has 4 atom stereocenters. The number of rotatable bonds is 4. The fourth-order valence-electron chi connectivity index (χ4n) is 4.67. The molecule has 1 N–H and O–H groups in total. The molecule has 2 bridgehead atoms. The maximum atomic E-state index is 13.3. The van der Waals surface area contributed by atoms with Crippen LogP contribution in [0.5, 0.6) is 0 Å². The Morgan fingerprint density at radius 1 is 1.26 bits per heavy atom. The van der Waals surface area contributed by atoms with E-state index in [1.807, 2.05) is 0 Å². The number of carbonyl (C=O) groups excluding carboxylic acids is 2. The zero-order valence-corrected chi connectivity index (χ0v) is 16.2. The highest BCUT2D eigenvalue weighted by molar-refractivity contribution is 6.03. The van der Waals surface area contributed by atoms with E-state index in [4.69, 9.17) is 4.74 Å². The molecule has 0 unspecified atom stereocenters. The molecule has 2 amide bonds. The van der Waals surface area contributed by atoms with Gasteiger partial charge in [-0.2, -0.15) is 13.2 Å². The summed E-state index contributed by atoms with van der Waals surface area (Å²) in [6, 6.07) is 8.18. The van der Waals surface area contributed by atoms with Crippen LogP contribution in [0.2, 0.25) is 0 Å². The van der Waals surface area contributed by atoms with Gasteiger partial charge in [0.1, 0.15) is 5.60 Å². The SMILES string of the molecule is O=C(NCc1ccncc1)[C@@H]1[C@H]2C(=O)N(c3cccc(C(F)(F)F)c3)C[C@@]23C=C[C@H]1O3. The third-order valence-electron chi connectivity index (χ3n) is 6.10. The summed E-state index contributed by atoms with van der Waals surface area (Å²) >= 11 is 0. The minimum absolute atomic E-state index is 0.0684. The summed E-state index contributed by atoms with van der Waals surface area (Å²) in [6.07, 6.45) is 1.71. The Balaban J connectivity index is 1.39. The molecule has 1 aromatic heterocycles. The summed E-state index contributed by atoms with van der Waals surface area (Å²) in [5.74, 6) is -2.25. The average molecular weight is 429 g/mol. The standard InChI is InChI=1S/C22H18F3N3O3/c23-22(24,25)14-2-1-3-15(10-14)28-12-21-7-4-16(31-21)17(18(21)20(28)30)19(29)27-11-13-5-8-26-9-6-13/h1-10,16-18H,11-12H2,(H,27,29)/t16-,17+,18+,21+/m1/s1. The molecule has 4 heterocycles. The number of hydrogen-bond donors (Lipinski definition) is 1. The Morgan fingerprint density at radius 3 is 2.77 bits per heavy atom. The molecular formula is C22H18F3N3O3. The third kappa shape index (κ3) is 3.20. The van der Waals surface area contributed by atoms with Gasteiger partial charge < -0.3 is 15.0 Å². The van der Waals surface area contributed by atoms with Crippen LogP contribution in [-0.4, -0.2) is 35.0 Å². The first-order chi connectivity index (χ1) is 14.8. The maximum Gasteiger partial charge on any atom is 0.416 e. The van der Waals surface area contributed by atoms with Crippen molar-refractivity contribution in [1.29, 1.82) is 0 Å². The lowest BCUT2D eigenvalue weighted by atomic mass is 9.77. The Labute approximate surface area is 175 Å². The molecule has 1 spiro atoms. The van der Waals surface area contributed by atoms with Gasteiger partial charge in [0.15, 0.2) is 0 Å². The van der Waals surface area contributed by atoms with Crippen LogP contribution in [0.4, 0.5) is 18.9 Å². The number of anilines is 1. The quantitative estimate of drug-likeness (QED) is 0.759. The molecule has 2 aromatic rings. The molecule has 9 heteroatoms. The zero-order valence-electron chi connectivity index (χ0n) is 16.2. The molecule has 0 aliphatic carbocycles. The first-order valence-corrected chi connectivity index (χ1v) is 9.81. The molecule has 1 aromatic carbocycles. The topological polar surface area (TPSA) is 71.5 Å². The Hall–Kier alpha value is -3.20. The number of pyridine rings is 1. The van der Waals surface area contributed by atoms with Gasteiger partial charge in [-0.05, 0) is 35.9 Å². The zero-order chi connectivity index (χ0) is 21.8. The number of alkyl halides is 3. The van der Waals surface area contributed by atoms with E-state index >= 15 is 0 Å². The lowest BCUT2D eigenvalue weighted by Gasteiger charge is -2.23. The van der Waals surface area contributed by atoms with Gasteiger partial charge in [-0.1, -0.05) is 18.2 Å². The van der Waals surface area contributed by atoms with E-state index in [1.165, 1.54) is 17.0 Å². The summed E-state index contributed by atoms with van der Waals surface area (Å²) in [5, 5.41) is 2.84. The highest BCUT2D eigenvalue weighted by atomic mass is 19.4. The molecular weight excluding hydrogens is 411 g/mol. The van der Waals surface area contributed by atoms with Crippen molar-refractivity contribution in [3.63, 3.8) is 0 Å². The molecule has 2 fully saturated rings. The van der Waals surface area contributed by atoms with Crippen molar-refractivity contribution in [3.05, 3.63) is 72.1 Å². The third-order valence-corrected chi connectivity index (χ3v) is 6.10. The molecule has 2 saturated heterocycles. The van der Waals surface area contributed by atoms with Crippen LogP contribution in [-0.2, 0) is 27.0 Å². The van der Waals surface area contributed by atoms with Gasteiger partial charge in [0, 0.05) is 24.6 Å². The van der Waals surface area contributed by atoms with E-state index in [-0.39, 0.29) is 24.7 Å². The molecule has 0 saturated carbocycles. The minimum atomic E-state index is -4.52. The van der Waals surface area contributed by atoms with E-state index in [0.717, 1.165) is 17.7 Å². The summed E-state index contributed by atoms with van der Waals surface area (Å²) in [5.41, 5.74) is -0.838. The fourth-order valence-corrected chi connectivity index (χ4v) is 4.67. The van der Waals surface area contributed by atoms with Gasteiger partial charge in [-0.15, -0.1) is 0 Å². The maximum absolute atomic E-state index is 13.3. The number of aromatic nitrogens is 1. The second-order valence-corrected chi connectivity index (χ2v) is 7.95. The number of halogens is 3. The van der Waals surface area contributed by atoms with E-state index in [1.54, 1.807) is 36.7 Å². The molecule has 160 valence electrons. The van der Waals surface area contributed by atoms with Crippen molar-refractivity contribution in [3.8, 4) is 0 Å². The summed E-state index contributed by atoms with van der Waals surface area (Å²) < 4.78 is 45.4. The summed E-state index contributed by atoms with van der Waals surface area (Å²) in [4.78, 5) is 31.4. The van der Waals surface area contributed by atoms with Crippen molar-refractivity contribution in [2.45, 2.75) is 24.4 Å². The first kappa shape index (κ1) is 19.7. The predicted molar refractivity (Wildman–Crippen MR) is 104 cm³/mol. The number of amides is 2. The van der Waals surface area contributed by atoms with Gasteiger partial charge >= 0.3 is 6.18 Å². The van der Waals surface area contributed by atoms with E-state index in [9.17, 15) is 22.8 Å². The summed E-state index contributed by atoms with van der Waals surface area (Å²) in [6.45, 7) is 0.346. The number of carbonyl (C=O) groups is 2. The molecule has 0 radical (unpaired) electrons. The van der Waals surface area contributed by atoms with Crippen molar-refractivity contribution in [1.82, 2.24) is 10.3 Å². The second kappa shape index (κ2) is 6.91. The lowest BCUT2D eigenvalue weighted by molar-refractivity contribution is -0.137. The monoisotopic (exact) mass is 429 g/mol. The number of ether oxygens (including phenoxy) is 1. The number of nitrogens with zero attached hydrogens (tertiary/aromatic N) is 2. The van der Waals surface area contributed by atoms with Gasteiger partial charge in [-0.25, -0.2) is 0 Å². The van der Waals surface area contributed by atoms with Crippen LogP contribution >= 0.6 is 0 Å². The van der Waals surface area contributed by atoms with Gasteiger partial charge in [0.25, 0.3) is 0 Å². The van der Waals surface area contributed by atoms with E-state index < -0.39 is 41.2 Å². The number of benzene rings is 1. The first-order valence-electron chi connectivity index (χ1n) is 9.81. The molecule has 3 aliphatic rings. The molecule has 3 aliphatic heterocycles. The Kier molecular flexibility index (Phi) is 4.40. The second-order valence-electron chi connectivity index (χ2n) is 7.95. The highest BCUT2D eigenvalue weighted by Gasteiger charge is 2.67. The van der Waals surface area contributed by atoms with Crippen molar-refractivity contribution >= 4 is 17.5 Å². The van der Waals surface area contributed by atoms with Crippen LogP contribution in [0.25, 0.3) is 0 Å². The largest absolute Gasteiger partial charge is 0.416 e. The number of fused-ring (bicyclic) bond motifs is 1. The van der Waals surface area contributed by atoms with Gasteiger partial charge in [-0.3, -0.25) is 14.6 Å². The van der Waals surface area contributed by atoms with Crippen LogP contribution in [0, 0.1) is 11.8 Å². The normalized spacial score (nSPS) is 28.8. The Bertz CT molecular complexity index is 1070. The average Bonchev–Trinajstić information content (AvgIpc) is 3.40. The predicted octanol–water partition coefficient (Wildman–Crippen LogP) is 2.70. The van der Waals surface area contributed by atoms with E-state index in [0.29, 0.717) is 0 Å². The lowest BCUT2D eigenvalue weighted by Crippen LogP contribution is -2.44. The van der Waals surface area contributed by atoms with Gasteiger partial charge in [0.2, 0.25) is 11.8 Å². The van der Waals surface area contributed by atoms with Crippen LogP contribution < -0.4 is 10.2 Å². The van der Waals surface area contributed by atoms with Gasteiger partial charge in [0.05, 0.1) is 30.0 Å².